The van der Waals surface area contributed by atoms with E-state index in [0.717, 1.165) is 35.5 Å². The number of unbranched alkanes of at least 4 members (excludes halogenated alkanes) is 5. The van der Waals surface area contributed by atoms with E-state index in [-0.39, 0.29) is 5.97 Å². The van der Waals surface area contributed by atoms with Gasteiger partial charge < -0.3 is 9.47 Å². The highest BCUT2D eigenvalue weighted by Crippen LogP contribution is 2.24. The zero-order valence-electron chi connectivity index (χ0n) is 18.6. The van der Waals surface area contributed by atoms with Crippen LogP contribution in [0.4, 0.5) is 0 Å². The largest absolute Gasteiger partial charge is 0.494 e. The minimum Gasteiger partial charge on any atom is -0.494 e. The molecular formula is C28H32O3. The Bertz CT molecular complexity index is 926. The predicted octanol–water partition coefficient (Wildman–Crippen LogP) is 7.62. The van der Waals surface area contributed by atoms with Crippen molar-refractivity contribution in [2.75, 3.05) is 6.61 Å². The van der Waals surface area contributed by atoms with Crippen molar-refractivity contribution >= 4 is 5.97 Å². The zero-order chi connectivity index (χ0) is 21.9. The molecule has 0 saturated heterocycles. The summed E-state index contributed by atoms with van der Waals surface area (Å²) in [4.78, 5) is 12.4. The maximum Gasteiger partial charge on any atom is 0.343 e. The van der Waals surface area contributed by atoms with Crippen LogP contribution in [0.25, 0.3) is 11.1 Å². The lowest BCUT2D eigenvalue weighted by molar-refractivity contribution is 0.0734. The molecule has 0 radical (unpaired) electrons. The molecule has 0 amide bonds. The number of aryl methyl sites for hydroxylation is 1. The lowest BCUT2D eigenvalue weighted by Gasteiger charge is -2.08. The molecule has 0 fully saturated rings. The second kappa shape index (κ2) is 11.9. The van der Waals surface area contributed by atoms with Crippen LogP contribution in [0.2, 0.25) is 0 Å². The van der Waals surface area contributed by atoms with Gasteiger partial charge in [0.2, 0.25) is 0 Å². The monoisotopic (exact) mass is 416 g/mol. The molecule has 162 valence electrons. The van der Waals surface area contributed by atoms with Gasteiger partial charge in [-0.05, 0) is 60.9 Å². The molecule has 0 atom stereocenters. The first-order valence-electron chi connectivity index (χ1n) is 11.3. The third kappa shape index (κ3) is 7.29. The number of benzene rings is 3. The quantitative estimate of drug-likeness (QED) is 0.183. The number of hydrogen-bond acceptors (Lipinski definition) is 3. The summed E-state index contributed by atoms with van der Waals surface area (Å²) in [5, 5.41) is 0. The predicted molar refractivity (Wildman–Crippen MR) is 127 cm³/mol. The van der Waals surface area contributed by atoms with Crippen molar-refractivity contribution in [1.29, 1.82) is 0 Å². The molecule has 3 aromatic carbocycles. The van der Waals surface area contributed by atoms with Crippen LogP contribution in [-0.4, -0.2) is 12.6 Å². The average Bonchev–Trinajstić information content (AvgIpc) is 2.80. The molecule has 3 nitrogen and oxygen atoms in total. The van der Waals surface area contributed by atoms with Crippen LogP contribution in [0.5, 0.6) is 11.5 Å². The number of rotatable bonds is 11. The Hall–Kier alpha value is -3.07. The summed E-state index contributed by atoms with van der Waals surface area (Å²) >= 11 is 0. The minimum absolute atomic E-state index is 0.353. The molecule has 0 bridgehead atoms. The van der Waals surface area contributed by atoms with E-state index in [1.165, 1.54) is 32.1 Å². The topological polar surface area (TPSA) is 35.5 Å². The Morgan fingerprint density at radius 2 is 1.23 bits per heavy atom. The number of ether oxygens (including phenoxy) is 2. The van der Waals surface area contributed by atoms with Crippen LogP contribution in [0, 0.1) is 6.92 Å². The van der Waals surface area contributed by atoms with Gasteiger partial charge in [0.1, 0.15) is 11.5 Å². The van der Waals surface area contributed by atoms with Gasteiger partial charge in [-0.2, -0.15) is 0 Å². The van der Waals surface area contributed by atoms with Crippen molar-refractivity contribution in [3.05, 3.63) is 83.9 Å². The lowest BCUT2D eigenvalue weighted by atomic mass is 10.0. The van der Waals surface area contributed by atoms with Gasteiger partial charge in [0.05, 0.1) is 12.2 Å². The summed E-state index contributed by atoms with van der Waals surface area (Å²) in [6.07, 6.45) is 7.57. The van der Waals surface area contributed by atoms with E-state index in [1.807, 2.05) is 43.3 Å². The third-order valence-corrected chi connectivity index (χ3v) is 5.31. The highest BCUT2D eigenvalue weighted by molar-refractivity contribution is 5.91. The molecule has 0 spiro atoms. The second-order valence-electron chi connectivity index (χ2n) is 7.92. The van der Waals surface area contributed by atoms with E-state index >= 15 is 0 Å². The molecule has 0 aliphatic carbocycles. The van der Waals surface area contributed by atoms with Gasteiger partial charge in [-0.15, -0.1) is 0 Å². The highest BCUT2D eigenvalue weighted by Gasteiger charge is 2.09. The van der Waals surface area contributed by atoms with E-state index in [4.69, 9.17) is 9.47 Å². The summed E-state index contributed by atoms with van der Waals surface area (Å²) < 4.78 is 11.3. The summed E-state index contributed by atoms with van der Waals surface area (Å²) in [5.41, 5.74) is 3.80. The first-order valence-corrected chi connectivity index (χ1v) is 11.3. The molecule has 0 aromatic heterocycles. The Kier molecular flexibility index (Phi) is 8.71. The number of carbonyl (C=O) groups is 1. The van der Waals surface area contributed by atoms with E-state index in [1.54, 1.807) is 24.3 Å². The van der Waals surface area contributed by atoms with Gasteiger partial charge in [0, 0.05) is 0 Å². The molecule has 0 heterocycles. The van der Waals surface area contributed by atoms with Crippen molar-refractivity contribution in [2.24, 2.45) is 0 Å². The van der Waals surface area contributed by atoms with Crippen molar-refractivity contribution in [3.63, 3.8) is 0 Å². The van der Waals surface area contributed by atoms with Gasteiger partial charge in [-0.25, -0.2) is 4.79 Å². The van der Waals surface area contributed by atoms with Crippen LogP contribution in [-0.2, 0) is 0 Å². The standard InChI is InChI=1S/C28H32O3/c1-3-4-5-6-7-8-21-30-26-19-15-24(16-20-26)23-11-13-25(14-12-23)28(29)31-27-17-9-22(2)10-18-27/h9-20H,3-8,21H2,1-2H3. The summed E-state index contributed by atoms with van der Waals surface area (Å²) in [5.74, 6) is 1.10. The van der Waals surface area contributed by atoms with Crippen molar-refractivity contribution in [1.82, 2.24) is 0 Å². The smallest absolute Gasteiger partial charge is 0.343 e. The molecule has 0 aliphatic rings. The highest BCUT2D eigenvalue weighted by atomic mass is 16.5. The first kappa shape index (κ1) is 22.6. The molecule has 3 heteroatoms. The number of esters is 1. The molecule has 0 aliphatic heterocycles. The van der Waals surface area contributed by atoms with Gasteiger partial charge in [-0.1, -0.05) is 81.0 Å². The Morgan fingerprint density at radius 1 is 0.677 bits per heavy atom. The maximum atomic E-state index is 12.4. The fourth-order valence-corrected chi connectivity index (χ4v) is 3.39. The normalized spacial score (nSPS) is 10.6. The van der Waals surface area contributed by atoms with E-state index < -0.39 is 0 Å². The molecule has 3 aromatic rings. The Labute approximate surface area is 186 Å². The number of hydrogen-bond donors (Lipinski definition) is 0. The van der Waals surface area contributed by atoms with Gasteiger partial charge in [0.15, 0.2) is 0 Å². The fourth-order valence-electron chi connectivity index (χ4n) is 3.39. The van der Waals surface area contributed by atoms with Crippen LogP contribution in [0.1, 0.15) is 61.4 Å². The van der Waals surface area contributed by atoms with E-state index in [0.29, 0.717) is 11.3 Å². The molecule has 3 rings (SSSR count). The average molecular weight is 417 g/mol. The van der Waals surface area contributed by atoms with Crippen LogP contribution in [0.15, 0.2) is 72.8 Å². The minimum atomic E-state index is -0.353. The molecule has 0 saturated carbocycles. The van der Waals surface area contributed by atoms with Crippen molar-refractivity contribution in [3.8, 4) is 22.6 Å². The van der Waals surface area contributed by atoms with Crippen molar-refractivity contribution < 1.29 is 14.3 Å². The zero-order valence-corrected chi connectivity index (χ0v) is 18.6. The first-order chi connectivity index (χ1) is 15.2. The molecular weight excluding hydrogens is 384 g/mol. The summed E-state index contributed by atoms with van der Waals surface area (Å²) in [7, 11) is 0. The van der Waals surface area contributed by atoms with Crippen molar-refractivity contribution in [2.45, 2.75) is 52.4 Å². The van der Waals surface area contributed by atoms with Crippen LogP contribution in [0.3, 0.4) is 0 Å². The summed E-state index contributed by atoms with van der Waals surface area (Å²) in [6.45, 7) is 5.00. The fraction of sp³-hybridized carbons (Fsp3) is 0.321. The van der Waals surface area contributed by atoms with E-state index in [9.17, 15) is 4.79 Å². The van der Waals surface area contributed by atoms with Gasteiger partial charge in [-0.3, -0.25) is 0 Å². The van der Waals surface area contributed by atoms with Crippen LogP contribution < -0.4 is 9.47 Å². The lowest BCUT2D eigenvalue weighted by Crippen LogP contribution is -2.08. The molecule has 31 heavy (non-hydrogen) atoms. The Balaban J connectivity index is 1.49. The SMILES string of the molecule is CCCCCCCCOc1ccc(-c2ccc(C(=O)Oc3ccc(C)cc3)cc2)cc1. The third-order valence-electron chi connectivity index (χ3n) is 5.31. The maximum absolute atomic E-state index is 12.4. The Morgan fingerprint density at radius 3 is 1.87 bits per heavy atom. The van der Waals surface area contributed by atoms with Crippen LogP contribution >= 0.6 is 0 Å². The molecule has 0 N–H and O–H groups in total. The van der Waals surface area contributed by atoms with E-state index in [2.05, 4.69) is 19.1 Å². The van der Waals surface area contributed by atoms with Gasteiger partial charge in [0.25, 0.3) is 0 Å². The van der Waals surface area contributed by atoms with Gasteiger partial charge >= 0.3 is 5.97 Å². The second-order valence-corrected chi connectivity index (χ2v) is 7.92. The summed E-state index contributed by atoms with van der Waals surface area (Å²) in [6, 6.07) is 23.1. The number of carbonyl (C=O) groups excluding carboxylic acids is 1. The molecule has 0 unspecified atom stereocenters.